The van der Waals surface area contributed by atoms with Gasteiger partial charge in [0.05, 0.1) is 6.54 Å². The number of aromatic nitrogens is 1. The standard InChI is InChI=1S/C12H15N2/c1-13-9-11-8-7-10-5-3-4-6-12(10)14(11)2/h3-8,13H,9H2,1-2H3/q+1. The lowest BCUT2D eigenvalue weighted by molar-refractivity contribution is -0.653. The van der Waals surface area contributed by atoms with Gasteiger partial charge in [0, 0.05) is 17.5 Å². The third-order valence-corrected chi connectivity index (χ3v) is 2.54. The smallest absolute Gasteiger partial charge is 0.212 e. The summed E-state index contributed by atoms with van der Waals surface area (Å²) in [6.07, 6.45) is 0. The minimum atomic E-state index is 0.904. The molecule has 14 heavy (non-hydrogen) atoms. The fourth-order valence-corrected chi connectivity index (χ4v) is 1.75. The van der Waals surface area contributed by atoms with Gasteiger partial charge in [-0.1, -0.05) is 12.1 Å². The maximum Gasteiger partial charge on any atom is 0.212 e. The van der Waals surface area contributed by atoms with Crippen molar-refractivity contribution in [2.75, 3.05) is 7.05 Å². The zero-order valence-electron chi connectivity index (χ0n) is 8.62. The molecule has 0 atom stereocenters. The van der Waals surface area contributed by atoms with Crippen LogP contribution in [0.1, 0.15) is 5.69 Å². The van der Waals surface area contributed by atoms with Gasteiger partial charge in [0.15, 0.2) is 5.69 Å². The molecule has 2 heteroatoms. The lowest BCUT2D eigenvalue weighted by Crippen LogP contribution is -2.36. The van der Waals surface area contributed by atoms with E-state index < -0.39 is 0 Å². The quantitative estimate of drug-likeness (QED) is 0.702. The van der Waals surface area contributed by atoms with Crippen LogP contribution in [0.3, 0.4) is 0 Å². The number of nitrogens with zero attached hydrogens (tertiary/aromatic N) is 1. The second-order valence-electron chi connectivity index (χ2n) is 3.47. The topological polar surface area (TPSA) is 15.9 Å². The van der Waals surface area contributed by atoms with Gasteiger partial charge in [-0.25, -0.2) is 0 Å². The Hall–Kier alpha value is -1.41. The number of rotatable bonds is 2. The van der Waals surface area contributed by atoms with Crippen LogP contribution in [0.25, 0.3) is 10.9 Å². The Morgan fingerprint density at radius 2 is 1.93 bits per heavy atom. The van der Waals surface area contributed by atoms with E-state index in [9.17, 15) is 0 Å². The van der Waals surface area contributed by atoms with Gasteiger partial charge in [-0.15, -0.1) is 0 Å². The molecule has 0 amide bonds. The van der Waals surface area contributed by atoms with Crippen LogP contribution in [0.2, 0.25) is 0 Å². The molecule has 2 nitrogen and oxygen atoms in total. The molecule has 0 bridgehead atoms. The fraction of sp³-hybridized carbons (Fsp3) is 0.250. The molecular formula is C12H15N2+. The first-order valence-electron chi connectivity index (χ1n) is 4.84. The Morgan fingerprint density at radius 3 is 2.71 bits per heavy atom. The van der Waals surface area contributed by atoms with Crippen molar-refractivity contribution in [1.29, 1.82) is 0 Å². The number of nitrogens with one attached hydrogen (secondary N) is 1. The van der Waals surface area contributed by atoms with Crippen molar-refractivity contribution in [3.8, 4) is 0 Å². The van der Waals surface area contributed by atoms with Crippen molar-refractivity contribution in [2.45, 2.75) is 6.54 Å². The molecule has 1 aromatic heterocycles. The highest BCUT2D eigenvalue weighted by atomic mass is 15.0. The number of fused-ring (bicyclic) bond motifs is 1. The maximum absolute atomic E-state index is 3.17. The Labute approximate surface area is 84.2 Å². The van der Waals surface area contributed by atoms with E-state index in [4.69, 9.17) is 0 Å². The number of hydrogen-bond acceptors (Lipinski definition) is 1. The Morgan fingerprint density at radius 1 is 1.14 bits per heavy atom. The average molecular weight is 187 g/mol. The number of pyridine rings is 1. The van der Waals surface area contributed by atoms with Crippen LogP contribution in [-0.2, 0) is 13.6 Å². The molecule has 0 saturated carbocycles. The maximum atomic E-state index is 3.17. The molecule has 2 aromatic rings. The van der Waals surface area contributed by atoms with Crippen molar-refractivity contribution in [2.24, 2.45) is 7.05 Å². The summed E-state index contributed by atoms with van der Waals surface area (Å²) in [6.45, 7) is 0.904. The molecule has 1 heterocycles. The zero-order valence-corrected chi connectivity index (χ0v) is 8.62. The van der Waals surface area contributed by atoms with Gasteiger partial charge in [0.1, 0.15) is 7.05 Å². The van der Waals surface area contributed by atoms with E-state index in [1.165, 1.54) is 16.6 Å². The van der Waals surface area contributed by atoms with Crippen LogP contribution in [-0.4, -0.2) is 7.05 Å². The third-order valence-electron chi connectivity index (χ3n) is 2.54. The predicted octanol–water partition coefficient (Wildman–Crippen LogP) is 1.38. The predicted molar refractivity (Wildman–Crippen MR) is 57.9 cm³/mol. The molecular weight excluding hydrogens is 172 g/mol. The van der Waals surface area contributed by atoms with Crippen molar-refractivity contribution < 1.29 is 4.57 Å². The first-order valence-corrected chi connectivity index (χ1v) is 4.84. The van der Waals surface area contributed by atoms with Crippen LogP contribution in [0.4, 0.5) is 0 Å². The summed E-state index contributed by atoms with van der Waals surface area (Å²) in [4.78, 5) is 0. The van der Waals surface area contributed by atoms with E-state index in [1.54, 1.807) is 0 Å². The van der Waals surface area contributed by atoms with Crippen LogP contribution in [0, 0.1) is 0 Å². The van der Waals surface area contributed by atoms with Gasteiger partial charge in [-0.2, -0.15) is 4.57 Å². The van der Waals surface area contributed by atoms with E-state index in [0.717, 1.165) is 6.54 Å². The molecule has 1 N–H and O–H groups in total. The molecule has 0 aliphatic rings. The molecule has 0 saturated heterocycles. The molecule has 0 aliphatic carbocycles. The minimum absolute atomic E-state index is 0.904. The number of aryl methyl sites for hydroxylation is 1. The van der Waals surface area contributed by atoms with Crippen LogP contribution in [0.15, 0.2) is 36.4 Å². The highest BCUT2D eigenvalue weighted by Crippen LogP contribution is 2.09. The monoisotopic (exact) mass is 187 g/mol. The van der Waals surface area contributed by atoms with Crippen LogP contribution < -0.4 is 9.88 Å². The van der Waals surface area contributed by atoms with E-state index >= 15 is 0 Å². The normalized spacial score (nSPS) is 10.7. The largest absolute Gasteiger partial charge is 0.311 e. The van der Waals surface area contributed by atoms with Gasteiger partial charge >= 0.3 is 0 Å². The Bertz CT molecular complexity index is 449. The summed E-state index contributed by atoms with van der Waals surface area (Å²) < 4.78 is 2.23. The van der Waals surface area contributed by atoms with Crippen molar-refractivity contribution in [3.63, 3.8) is 0 Å². The van der Waals surface area contributed by atoms with Crippen molar-refractivity contribution in [1.82, 2.24) is 5.32 Å². The van der Waals surface area contributed by atoms with E-state index in [0.29, 0.717) is 0 Å². The summed E-state index contributed by atoms with van der Waals surface area (Å²) in [6, 6.07) is 12.8. The number of hydrogen-bond donors (Lipinski definition) is 1. The molecule has 0 fully saturated rings. The molecule has 0 aliphatic heterocycles. The summed E-state index contributed by atoms with van der Waals surface area (Å²) >= 11 is 0. The van der Waals surface area contributed by atoms with E-state index in [2.05, 4.69) is 53.3 Å². The summed E-state index contributed by atoms with van der Waals surface area (Å²) in [5.74, 6) is 0. The molecule has 1 aromatic carbocycles. The zero-order chi connectivity index (χ0) is 9.97. The highest BCUT2D eigenvalue weighted by Gasteiger charge is 2.09. The van der Waals surface area contributed by atoms with Gasteiger partial charge in [-0.05, 0) is 19.2 Å². The average Bonchev–Trinajstić information content (AvgIpc) is 2.23. The van der Waals surface area contributed by atoms with E-state index in [-0.39, 0.29) is 0 Å². The lowest BCUT2D eigenvalue weighted by atomic mass is 10.2. The Kier molecular flexibility index (Phi) is 2.46. The first kappa shape index (κ1) is 9.16. The summed E-state index contributed by atoms with van der Waals surface area (Å²) in [5.41, 5.74) is 2.58. The van der Waals surface area contributed by atoms with Gasteiger partial charge < -0.3 is 5.32 Å². The van der Waals surface area contributed by atoms with Crippen molar-refractivity contribution in [3.05, 3.63) is 42.1 Å². The lowest BCUT2D eigenvalue weighted by Gasteiger charge is -2.02. The molecule has 2 rings (SSSR count). The van der Waals surface area contributed by atoms with Crippen molar-refractivity contribution >= 4 is 10.9 Å². The minimum Gasteiger partial charge on any atom is -0.311 e. The van der Waals surface area contributed by atoms with Gasteiger partial charge in [-0.3, -0.25) is 0 Å². The highest BCUT2D eigenvalue weighted by molar-refractivity contribution is 5.75. The third kappa shape index (κ3) is 1.49. The van der Waals surface area contributed by atoms with Crippen LogP contribution >= 0.6 is 0 Å². The van der Waals surface area contributed by atoms with Crippen LogP contribution in [0.5, 0.6) is 0 Å². The fourth-order valence-electron chi connectivity index (χ4n) is 1.75. The Balaban J connectivity index is 2.63. The van der Waals surface area contributed by atoms with E-state index in [1.807, 2.05) is 7.05 Å². The summed E-state index contributed by atoms with van der Waals surface area (Å²) in [5, 5.41) is 4.46. The molecule has 0 unspecified atom stereocenters. The number of para-hydroxylation sites is 1. The molecule has 0 radical (unpaired) electrons. The molecule has 0 spiro atoms. The first-order chi connectivity index (χ1) is 6.83. The van der Waals surface area contributed by atoms with Gasteiger partial charge in [0.25, 0.3) is 0 Å². The second kappa shape index (κ2) is 3.76. The SMILES string of the molecule is CNCc1ccc2ccccc2[n+]1C. The summed E-state index contributed by atoms with van der Waals surface area (Å²) in [7, 11) is 4.07. The molecule has 72 valence electrons. The second-order valence-corrected chi connectivity index (χ2v) is 3.47. The number of benzene rings is 1. The van der Waals surface area contributed by atoms with Gasteiger partial charge in [0.2, 0.25) is 5.52 Å².